The molecule has 0 radical (unpaired) electrons. The molecule has 0 aliphatic carbocycles. The minimum absolute atomic E-state index is 0.0585. The maximum absolute atomic E-state index is 14.8. The number of carboxylic acids is 3. The van der Waals surface area contributed by atoms with Gasteiger partial charge in [0.1, 0.15) is 53.1 Å². The first-order chi connectivity index (χ1) is 39.4. The van der Waals surface area contributed by atoms with E-state index in [9.17, 15) is 82.8 Å². The number of hydrogen-bond acceptors (Lipinski definition) is 16. The molecule has 462 valence electrons. The second-order valence-corrected chi connectivity index (χ2v) is 21.5. The average Bonchev–Trinajstić information content (AvgIpc) is 3.49. The number of carbonyl (C=O) groups is 13. The zero-order valence-corrected chi connectivity index (χ0v) is 47.3. The van der Waals surface area contributed by atoms with Crippen molar-refractivity contribution in [3.63, 3.8) is 0 Å². The van der Waals surface area contributed by atoms with Crippen LogP contribution in [0.2, 0.25) is 0 Å². The Balaban J connectivity index is 2.14. The predicted octanol–water partition coefficient (Wildman–Crippen LogP) is -2.20. The average molecular weight is 1180 g/mol. The lowest BCUT2D eigenvalue weighted by molar-refractivity contribution is -0.142. The normalized spacial score (nSPS) is 22.0. The highest BCUT2D eigenvalue weighted by Crippen LogP contribution is 2.21. The molecule has 0 spiro atoms. The van der Waals surface area contributed by atoms with Crippen LogP contribution >= 0.6 is 0 Å². The van der Waals surface area contributed by atoms with Crippen molar-refractivity contribution < 1.29 is 82.8 Å². The van der Waals surface area contributed by atoms with Gasteiger partial charge in [-0.1, -0.05) is 38.1 Å². The molecular formula is C54H79N13O17. The van der Waals surface area contributed by atoms with Crippen LogP contribution in [-0.2, 0) is 75.2 Å². The Morgan fingerprint density at radius 3 is 1.86 bits per heavy atom. The molecule has 84 heavy (non-hydrogen) atoms. The van der Waals surface area contributed by atoms with Crippen molar-refractivity contribution in [1.82, 2.24) is 52.5 Å². The van der Waals surface area contributed by atoms with Crippen molar-refractivity contribution in [2.45, 2.75) is 184 Å². The zero-order valence-electron chi connectivity index (χ0n) is 47.3. The molecule has 0 unspecified atom stereocenters. The number of H-pyrrole nitrogens is 1. The number of carboxylic acid groups (broad SMARTS) is 3. The number of aliphatic carboxylic acids is 3. The van der Waals surface area contributed by atoms with Gasteiger partial charge in [-0.05, 0) is 102 Å². The lowest BCUT2D eigenvalue weighted by atomic mass is 9.90. The summed E-state index contributed by atoms with van der Waals surface area (Å²) < 4.78 is 0. The quantitative estimate of drug-likeness (QED) is 0.0444. The van der Waals surface area contributed by atoms with Crippen molar-refractivity contribution in [1.29, 1.82) is 0 Å². The SMILES string of the molecule is CC(C)C[C@@H]1NC(=O)[C@H](CC(=O)O)NC(=O)[C@H](CCC(=O)O)NC(=O)[C@@](C)(NC(=O)[C@H](CCC(=O)O)NC(=O)[C@@H](N)Cc2cnc[nH]2)CCC/C=C\CCC[C@@](C)(C(=O)N[C@@H](Cc2ccc(O)cc2)C(=O)N[C@@H](CCC(N)=O)C(N)=O)NC1=O. The number of imidazole rings is 1. The number of aromatic hydroxyl groups is 1. The van der Waals surface area contributed by atoms with Crippen LogP contribution in [0.5, 0.6) is 5.75 Å². The minimum atomic E-state index is -2.03. The molecular weight excluding hydrogens is 1100 g/mol. The number of carbonyl (C=O) groups excluding carboxylic acids is 10. The molecule has 9 atom stereocenters. The maximum Gasteiger partial charge on any atom is 0.305 e. The molecule has 3 rings (SSSR count). The van der Waals surface area contributed by atoms with Crippen LogP contribution in [0, 0.1) is 5.92 Å². The third-order valence-electron chi connectivity index (χ3n) is 13.6. The maximum atomic E-state index is 14.8. The summed E-state index contributed by atoms with van der Waals surface area (Å²) in [5.74, 6) is -15.0. The van der Waals surface area contributed by atoms with Gasteiger partial charge in [0.2, 0.25) is 59.1 Å². The van der Waals surface area contributed by atoms with Crippen LogP contribution in [0.25, 0.3) is 0 Å². The van der Waals surface area contributed by atoms with E-state index in [2.05, 4.69) is 52.5 Å². The standard InChI is InChI=1S/C54H79N13O17/c1-29(2)23-37-50(82)67-54(4,52(84)65-38(24-30-11-13-32(68)14-12-30)47(79)60-34(44(57)76)15-18-40(56)69)22-10-8-6-5-7-9-21-53(3,51(83)64-35(16-19-41(70)71)46(78)63-39(26-43(74)75)48(80)62-37)66-49(81)36(17-20-42(72)73)61-45(77)33(55)25-31-27-58-28-59-31/h5-6,11-14,27-29,33-39,68H,7-10,15-26,55H2,1-4H3,(H2,56,69)(H2,57,76)(H,58,59)(H,60,79)(H,61,77)(H,62,80)(H,63,78)(H,64,83)(H,65,84)(H,66,81)(H,67,82)(H,70,71)(H,72,73)(H,74,75)/b6-5-/t33-,34-,35-,36-,37-,38-,39-,53-,54-/m0/s1. The summed E-state index contributed by atoms with van der Waals surface area (Å²) in [7, 11) is 0. The molecule has 2 aromatic rings. The molecule has 19 N–H and O–H groups in total. The monoisotopic (exact) mass is 1180 g/mol. The molecule has 30 heteroatoms. The largest absolute Gasteiger partial charge is 0.508 e. The second kappa shape index (κ2) is 33.2. The van der Waals surface area contributed by atoms with E-state index in [0.29, 0.717) is 11.3 Å². The predicted molar refractivity (Wildman–Crippen MR) is 297 cm³/mol. The molecule has 0 saturated heterocycles. The minimum Gasteiger partial charge on any atom is -0.508 e. The smallest absolute Gasteiger partial charge is 0.305 e. The Morgan fingerprint density at radius 2 is 1.29 bits per heavy atom. The second-order valence-electron chi connectivity index (χ2n) is 21.5. The number of hydrogen-bond donors (Lipinski definition) is 16. The van der Waals surface area contributed by atoms with Crippen molar-refractivity contribution in [3.8, 4) is 5.75 Å². The Bertz CT molecular complexity index is 2700. The Morgan fingerprint density at radius 1 is 0.690 bits per heavy atom. The number of phenols is 1. The molecule has 0 fully saturated rings. The first kappa shape index (κ1) is 69.3. The van der Waals surface area contributed by atoms with Crippen LogP contribution in [0.4, 0.5) is 0 Å². The van der Waals surface area contributed by atoms with Gasteiger partial charge in [0, 0.05) is 44.0 Å². The van der Waals surface area contributed by atoms with Gasteiger partial charge in [-0.25, -0.2) is 4.98 Å². The van der Waals surface area contributed by atoms with Crippen LogP contribution < -0.4 is 59.7 Å². The van der Waals surface area contributed by atoms with Crippen molar-refractivity contribution in [3.05, 3.63) is 60.2 Å². The van der Waals surface area contributed by atoms with Gasteiger partial charge in [0.15, 0.2) is 0 Å². The summed E-state index contributed by atoms with van der Waals surface area (Å²) >= 11 is 0. The van der Waals surface area contributed by atoms with Crippen LogP contribution in [0.15, 0.2) is 48.9 Å². The molecule has 1 aromatic carbocycles. The molecule has 0 saturated carbocycles. The molecule has 2 heterocycles. The van der Waals surface area contributed by atoms with Crippen molar-refractivity contribution in [2.75, 3.05) is 0 Å². The van der Waals surface area contributed by atoms with Gasteiger partial charge in [-0.3, -0.25) is 62.3 Å². The summed E-state index contributed by atoms with van der Waals surface area (Å²) in [5.41, 5.74) is 13.8. The fourth-order valence-electron chi connectivity index (χ4n) is 8.83. The first-order valence-corrected chi connectivity index (χ1v) is 27.3. The lowest BCUT2D eigenvalue weighted by Gasteiger charge is -2.34. The number of aromatic amines is 1. The molecule has 1 aromatic heterocycles. The molecule has 1 aliphatic rings. The number of aromatic nitrogens is 2. The number of rotatable bonds is 26. The summed E-state index contributed by atoms with van der Waals surface area (Å²) in [6, 6.07) is -5.59. The van der Waals surface area contributed by atoms with Crippen molar-refractivity contribution >= 4 is 77.0 Å². The number of primary amides is 2. The van der Waals surface area contributed by atoms with E-state index in [0.717, 1.165) is 0 Å². The zero-order chi connectivity index (χ0) is 62.9. The molecule has 10 amide bonds. The molecule has 0 bridgehead atoms. The third kappa shape index (κ3) is 23.9. The number of amides is 10. The summed E-state index contributed by atoms with van der Waals surface area (Å²) in [6.45, 7) is 5.97. The highest BCUT2D eigenvalue weighted by molar-refractivity contribution is 6.00. The Hall–Kier alpha value is -8.96. The van der Waals surface area contributed by atoms with Gasteiger partial charge in [0.05, 0.1) is 18.8 Å². The van der Waals surface area contributed by atoms with Gasteiger partial charge < -0.3 is 85.1 Å². The third-order valence-corrected chi connectivity index (χ3v) is 13.6. The van der Waals surface area contributed by atoms with E-state index in [1.165, 1.54) is 50.6 Å². The number of benzene rings is 1. The molecule has 1 aliphatic heterocycles. The van der Waals surface area contributed by atoms with Crippen LogP contribution in [0.3, 0.4) is 0 Å². The fourth-order valence-corrected chi connectivity index (χ4v) is 8.83. The van der Waals surface area contributed by atoms with E-state index in [4.69, 9.17) is 17.2 Å². The fraction of sp³-hybridized carbons (Fsp3) is 0.556. The topological polar surface area (TPSA) is 506 Å². The van der Waals surface area contributed by atoms with Crippen LogP contribution in [-0.4, -0.2) is 161 Å². The Labute approximate surface area is 483 Å². The summed E-state index contributed by atoms with van der Waals surface area (Å²) in [6.07, 6.45) is 1.81. The van der Waals surface area contributed by atoms with E-state index in [1.807, 2.05) is 0 Å². The highest BCUT2D eigenvalue weighted by atomic mass is 16.4. The number of nitrogens with one attached hydrogen (secondary N) is 9. The van der Waals surface area contributed by atoms with E-state index in [1.54, 1.807) is 26.0 Å². The van der Waals surface area contributed by atoms with Gasteiger partial charge in [0.25, 0.3) is 0 Å². The number of nitrogens with zero attached hydrogens (tertiary/aromatic N) is 1. The van der Waals surface area contributed by atoms with E-state index in [-0.39, 0.29) is 82.3 Å². The summed E-state index contributed by atoms with van der Waals surface area (Å²) in [4.78, 5) is 180. The lowest BCUT2D eigenvalue weighted by Crippen LogP contribution is -2.65. The van der Waals surface area contributed by atoms with Gasteiger partial charge in [-0.2, -0.15) is 0 Å². The number of phenolic OH excluding ortho intramolecular Hbond substituents is 1. The van der Waals surface area contributed by atoms with Crippen LogP contribution in [0.1, 0.15) is 129 Å². The summed E-state index contributed by atoms with van der Waals surface area (Å²) in [5, 5.41) is 59.0. The van der Waals surface area contributed by atoms with E-state index >= 15 is 0 Å². The number of nitrogens with two attached hydrogens (primary N) is 3. The van der Waals surface area contributed by atoms with Gasteiger partial charge >= 0.3 is 17.9 Å². The van der Waals surface area contributed by atoms with Gasteiger partial charge in [-0.15, -0.1) is 0 Å². The highest BCUT2D eigenvalue weighted by Gasteiger charge is 2.42. The van der Waals surface area contributed by atoms with E-state index < -0.39 is 162 Å². The molecule has 30 nitrogen and oxygen atoms in total. The van der Waals surface area contributed by atoms with Crippen molar-refractivity contribution in [2.24, 2.45) is 23.1 Å². The number of allylic oxidation sites excluding steroid dienone is 2. The Kier molecular flexibility index (Phi) is 27.4. The first-order valence-electron chi connectivity index (χ1n) is 27.3.